The number of fused-ring (bicyclic) bond motifs is 2. The highest BCUT2D eigenvalue weighted by molar-refractivity contribution is 6.35. The predicted molar refractivity (Wildman–Crippen MR) is 116 cm³/mol. The van der Waals surface area contributed by atoms with Crippen molar-refractivity contribution in [2.24, 2.45) is 0 Å². The standard InChI is InChI=1S/C24H16N4O2/c1-30-17-6-9-21-19(13-17)20(24(29)26-21)11-16-4-7-18-22(27-28-23(18)12-16)8-5-15-3-2-10-25-14-15/h2-4,6-7,9-14H,1H3,(H,26,29)(H,27,28). The van der Waals surface area contributed by atoms with Gasteiger partial charge < -0.3 is 10.1 Å². The minimum absolute atomic E-state index is 0.133. The molecule has 30 heavy (non-hydrogen) atoms. The van der Waals surface area contributed by atoms with Crippen molar-refractivity contribution in [3.63, 3.8) is 0 Å². The summed E-state index contributed by atoms with van der Waals surface area (Å²) >= 11 is 0. The summed E-state index contributed by atoms with van der Waals surface area (Å²) in [5, 5.41) is 11.2. The summed E-state index contributed by atoms with van der Waals surface area (Å²) in [6.07, 6.45) is 5.29. The van der Waals surface area contributed by atoms with E-state index in [1.54, 1.807) is 19.5 Å². The Morgan fingerprint density at radius 1 is 1.10 bits per heavy atom. The van der Waals surface area contributed by atoms with Crippen LogP contribution in [0.15, 0.2) is 60.9 Å². The Bertz CT molecular complexity index is 1370. The molecule has 2 N–H and O–H groups in total. The van der Waals surface area contributed by atoms with E-state index >= 15 is 0 Å². The molecule has 2 aromatic heterocycles. The molecule has 4 aromatic rings. The van der Waals surface area contributed by atoms with Crippen molar-refractivity contribution in [1.29, 1.82) is 0 Å². The fourth-order valence-corrected chi connectivity index (χ4v) is 3.39. The van der Waals surface area contributed by atoms with Crippen LogP contribution in [0.5, 0.6) is 5.75 Å². The lowest BCUT2D eigenvalue weighted by Gasteiger charge is -2.03. The highest BCUT2D eigenvalue weighted by Crippen LogP contribution is 2.35. The minimum Gasteiger partial charge on any atom is -0.497 e. The molecule has 0 fully saturated rings. The zero-order chi connectivity index (χ0) is 20.5. The van der Waals surface area contributed by atoms with E-state index in [0.717, 1.165) is 33.3 Å². The summed E-state index contributed by atoms with van der Waals surface area (Å²) in [5.74, 6) is 6.72. The predicted octanol–water partition coefficient (Wildman–Crippen LogP) is 3.86. The van der Waals surface area contributed by atoms with Gasteiger partial charge in [0.05, 0.1) is 12.6 Å². The molecule has 5 rings (SSSR count). The molecule has 0 aliphatic carbocycles. The molecule has 0 atom stereocenters. The van der Waals surface area contributed by atoms with Crippen molar-refractivity contribution in [2.75, 3.05) is 12.4 Å². The Kier molecular flexibility index (Phi) is 4.26. The van der Waals surface area contributed by atoms with E-state index in [-0.39, 0.29) is 5.91 Å². The number of pyridine rings is 1. The van der Waals surface area contributed by atoms with Crippen LogP contribution in [0.2, 0.25) is 0 Å². The largest absolute Gasteiger partial charge is 0.497 e. The first kappa shape index (κ1) is 17.7. The number of methoxy groups -OCH3 is 1. The Labute approximate surface area is 172 Å². The number of anilines is 1. The van der Waals surface area contributed by atoms with Gasteiger partial charge in [0.25, 0.3) is 5.91 Å². The molecule has 0 bridgehead atoms. The van der Waals surface area contributed by atoms with Crippen LogP contribution in [0.3, 0.4) is 0 Å². The maximum absolute atomic E-state index is 12.5. The number of hydrogen-bond acceptors (Lipinski definition) is 4. The van der Waals surface area contributed by atoms with E-state index in [1.807, 2.05) is 54.6 Å². The summed E-state index contributed by atoms with van der Waals surface area (Å²) in [7, 11) is 1.61. The molecule has 1 aliphatic heterocycles. The van der Waals surface area contributed by atoms with Gasteiger partial charge in [-0.05, 0) is 60.0 Å². The maximum atomic E-state index is 12.5. The Balaban J connectivity index is 1.50. The molecular weight excluding hydrogens is 376 g/mol. The number of nitrogens with zero attached hydrogens (tertiary/aromatic N) is 2. The smallest absolute Gasteiger partial charge is 0.256 e. The van der Waals surface area contributed by atoms with Crippen molar-refractivity contribution in [3.05, 3.63) is 83.3 Å². The normalized spacial score (nSPS) is 13.6. The van der Waals surface area contributed by atoms with E-state index in [0.29, 0.717) is 17.0 Å². The van der Waals surface area contributed by atoms with Crippen LogP contribution < -0.4 is 10.1 Å². The van der Waals surface area contributed by atoms with Gasteiger partial charge in [0.15, 0.2) is 0 Å². The van der Waals surface area contributed by atoms with Crippen LogP contribution >= 0.6 is 0 Å². The second-order valence-corrected chi connectivity index (χ2v) is 6.79. The number of amides is 1. The quantitative estimate of drug-likeness (QED) is 0.401. The number of carbonyl (C=O) groups excluding carboxylic acids is 1. The van der Waals surface area contributed by atoms with Crippen LogP contribution in [0.25, 0.3) is 22.6 Å². The first-order valence-corrected chi connectivity index (χ1v) is 9.33. The maximum Gasteiger partial charge on any atom is 0.256 e. The molecule has 6 heteroatoms. The van der Waals surface area contributed by atoms with Gasteiger partial charge in [0.1, 0.15) is 11.4 Å². The number of hydrogen-bond donors (Lipinski definition) is 2. The van der Waals surface area contributed by atoms with E-state index in [4.69, 9.17) is 4.74 Å². The summed E-state index contributed by atoms with van der Waals surface area (Å²) in [6.45, 7) is 0. The number of carbonyl (C=O) groups is 1. The van der Waals surface area contributed by atoms with Gasteiger partial charge in [0, 0.05) is 40.2 Å². The Morgan fingerprint density at radius 2 is 2.03 bits per heavy atom. The van der Waals surface area contributed by atoms with Gasteiger partial charge in [-0.3, -0.25) is 14.9 Å². The Morgan fingerprint density at radius 3 is 2.87 bits per heavy atom. The Hall–Kier alpha value is -4.37. The number of nitrogens with one attached hydrogen (secondary N) is 2. The van der Waals surface area contributed by atoms with Crippen LogP contribution in [-0.2, 0) is 4.79 Å². The molecule has 3 heterocycles. The number of aromatic nitrogens is 3. The third-order valence-corrected chi connectivity index (χ3v) is 4.89. The fourth-order valence-electron chi connectivity index (χ4n) is 3.39. The lowest BCUT2D eigenvalue weighted by molar-refractivity contribution is -0.110. The van der Waals surface area contributed by atoms with Gasteiger partial charge in [-0.2, -0.15) is 5.10 Å². The van der Waals surface area contributed by atoms with Crippen molar-refractivity contribution in [1.82, 2.24) is 15.2 Å². The van der Waals surface area contributed by atoms with Crippen molar-refractivity contribution < 1.29 is 9.53 Å². The third-order valence-electron chi connectivity index (χ3n) is 4.89. The molecule has 0 radical (unpaired) electrons. The van der Waals surface area contributed by atoms with Crippen molar-refractivity contribution in [3.8, 4) is 17.6 Å². The average Bonchev–Trinajstić information content (AvgIpc) is 3.32. The highest BCUT2D eigenvalue weighted by Gasteiger charge is 2.24. The molecule has 0 saturated carbocycles. The van der Waals surface area contributed by atoms with Gasteiger partial charge in [0.2, 0.25) is 0 Å². The molecule has 0 unspecified atom stereocenters. The molecule has 0 saturated heterocycles. The van der Waals surface area contributed by atoms with Crippen LogP contribution in [0.1, 0.15) is 22.4 Å². The van der Waals surface area contributed by atoms with Crippen molar-refractivity contribution >= 4 is 34.1 Å². The summed E-state index contributed by atoms with van der Waals surface area (Å²) in [6, 6.07) is 15.1. The molecule has 144 valence electrons. The second kappa shape index (κ2) is 7.22. The van der Waals surface area contributed by atoms with E-state index in [2.05, 4.69) is 32.3 Å². The molecule has 6 nitrogen and oxygen atoms in total. The van der Waals surface area contributed by atoms with Crippen molar-refractivity contribution in [2.45, 2.75) is 0 Å². The molecule has 1 aliphatic rings. The number of rotatable bonds is 2. The van der Waals surface area contributed by atoms with E-state index < -0.39 is 0 Å². The molecule has 1 amide bonds. The van der Waals surface area contributed by atoms with E-state index in [9.17, 15) is 4.79 Å². The van der Waals surface area contributed by atoms with Gasteiger partial charge in [-0.1, -0.05) is 12.0 Å². The monoisotopic (exact) mass is 392 g/mol. The molecule has 2 aromatic carbocycles. The van der Waals surface area contributed by atoms with Crippen LogP contribution in [-0.4, -0.2) is 28.2 Å². The minimum atomic E-state index is -0.133. The summed E-state index contributed by atoms with van der Waals surface area (Å²) < 4.78 is 5.29. The van der Waals surface area contributed by atoms with Crippen LogP contribution in [0.4, 0.5) is 5.69 Å². The topological polar surface area (TPSA) is 79.9 Å². The zero-order valence-electron chi connectivity index (χ0n) is 16.1. The van der Waals surface area contributed by atoms with Gasteiger partial charge >= 0.3 is 0 Å². The second-order valence-electron chi connectivity index (χ2n) is 6.79. The fraction of sp³-hybridized carbons (Fsp3) is 0.0417. The number of ether oxygens (including phenoxy) is 1. The highest BCUT2D eigenvalue weighted by atomic mass is 16.5. The zero-order valence-corrected chi connectivity index (χ0v) is 16.1. The number of aromatic amines is 1. The number of benzene rings is 2. The third kappa shape index (κ3) is 3.19. The van der Waals surface area contributed by atoms with Crippen LogP contribution in [0, 0.1) is 11.8 Å². The van der Waals surface area contributed by atoms with Gasteiger partial charge in [-0.25, -0.2) is 0 Å². The lowest BCUT2D eigenvalue weighted by Crippen LogP contribution is -2.03. The molecular formula is C24H16N4O2. The molecule has 0 spiro atoms. The average molecular weight is 392 g/mol. The SMILES string of the molecule is COc1ccc2c(c1)C(=Cc1ccc3c(C#Cc4cccnc4)n[nH]c3c1)C(=O)N2. The first-order valence-electron chi connectivity index (χ1n) is 9.33. The summed E-state index contributed by atoms with van der Waals surface area (Å²) in [4.78, 5) is 16.5. The van der Waals surface area contributed by atoms with E-state index in [1.165, 1.54) is 0 Å². The summed E-state index contributed by atoms with van der Waals surface area (Å²) in [5.41, 5.74) is 5.44. The number of H-pyrrole nitrogens is 1. The van der Waals surface area contributed by atoms with Gasteiger partial charge in [-0.15, -0.1) is 0 Å². The lowest BCUT2D eigenvalue weighted by atomic mass is 10.0. The first-order chi connectivity index (χ1) is 14.7.